The van der Waals surface area contributed by atoms with Crippen LogP contribution in [0.5, 0.6) is 0 Å². The van der Waals surface area contributed by atoms with Gasteiger partial charge in [-0.3, -0.25) is 9.59 Å². The lowest BCUT2D eigenvalue weighted by molar-refractivity contribution is -0.114. The van der Waals surface area contributed by atoms with E-state index in [9.17, 15) is 14.7 Å². The van der Waals surface area contributed by atoms with Crippen molar-refractivity contribution in [3.63, 3.8) is 0 Å². The van der Waals surface area contributed by atoms with E-state index in [4.69, 9.17) is 10.8 Å². The first-order chi connectivity index (χ1) is 15.1. The lowest BCUT2D eigenvalue weighted by Crippen LogP contribution is -2.46. The molecule has 5 nitrogen and oxygen atoms in total. The molecule has 1 amide bonds. The molecule has 0 aliphatic heterocycles. The molecule has 0 aliphatic rings. The first-order valence-electron chi connectivity index (χ1n) is 11.8. The Morgan fingerprint density at radius 2 is 1.67 bits per heavy atom. The number of carbonyl (C=O) groups excluding carboxylic acids is 2. The summed E-state index contributed by atoms with van der Waals surface area (Å²) in [6.45, 7) is 18.3. The highest BCUT2D eigenvalue weighted by atomic mass is 28.4. The Kier molecular flexibility index (Phi) is 10.5. The molecule has 0 fully saturated rings. The molecule has 0 unspecified atom stereocenters. The van der Waals surface area contributed by atoms with Gasteiger partial charge in [0.05, 0.1) is 12.2 Å². The van der Waals surface area contributed by atoms with Crippen LogP contribution in [-0.2, 0) is 9.22 Å². The van der Waals surface area contributed by atoms with E-state index in [0.29, 0.717) is 17.7 Å². The average molecular weight is 474 g/mol. The van der Waals surface area contributed by atoms with Crippen molar-refractivity contribution in [3.05, 3.63) is 29.8 Å². The first kappa shape index (κ1) is 29.1. The van der Waals surface area contributed by atoms with E-state index >= 15 is 0 Å². The van der Waals surface area contributed by atoms with Crippen LogP contribution in [0.1, 0.15) is 71.7 Å². The van der Waals surface area contributed by atoms with Crippen LogP contribution >= 0.6 is 0 Å². The quantitative estimate of drug-likeness (QED) is 0.238. The molecule has 0 aliphatic carbocycles. The van der Waals surface area contributed by atoms with E-state index in [0.717, 1.165) is 0 Å². The number of hydrogen-bond donors (Lipinski definition) is 2. The van der Waals surface area contributed by atoms with Gasteiger partial charge in [-0.05, 0) is 67.6 Å². The zero-order valence-electron chi connectivity index (χ0n) is 21.9. The lowest BCUT2D eigenvalue weighted by Gasteiger charge is -2.41. The summed E-state index contributed by atoms with van der Waals surface area (Å²) in [5, 5.41) is 13.3. The first-order valence-corrected chi connectivity index (χ1v) is 14.7. The van der Waals surface area contributed by atoms with Crippen LogP contribution in [0.25, 0.3) is 0 Å². The molecular weight excluding hydrogens is 430 g/mol. The van der Waals surface area contributed by atoms with Crippen LogP contribution in [0.4, 0.5) is 5.69 Å². The van der Waals surface area contributed by atoms with Gasteiger partial charge in [0.1, 0.15) is 0 Å². The predicted molar refractivity (Wildman–Crippen MR) is 139 cm³/mol. The van der Waals surface area contributed by atoms with E-state index in [-0.39, 0.29) is 47.0 Å². The SMILES string of the molecule is C#C[C@@H](C)[C@@H](O)[C@H](C)C[C@@H](C)[C@@H](CC(=O)c1ccc(NC(C)=O)cc1)O[Si](C)(C)C(C)(C)C. The van der Waals surface area contributed by atoms with Gasteiger partial charge in [0, 0.05) is 30.5 Å². The topological polar surface area (TPSA) is 75.6 Å². The highest BCUT2D eigenvalue weighted by Gasteiger charge is 2.41. The number of terminal acetylenes is 1. The monoisotopic (exact) mass is 473 g/mol. The summed E-state index contributed by atoms with van der Waals surface area (Å²) in [6.07, 6.45) is 5.62. The van der Waals surface area contributed by atoms with Gasteiger partial charge in [0.2, 0.25) is 5.91 Å². The van der Waals surface area contributed by atoms with E-state index < -0.39 is 14.4 Å². The molecule has 0 aromatic heterocycles. The molecule has 33 heavy (non-hydrogen) atoms. The van der Waals surface area contributed by atoms with Gasteiger partial charge in [-0.25, -0.2) is 0 Å². The molecule has 0 saturated carbocycles. The number of hydrogen-bond acceptors (Lipinski definition) is 4. The summed E-state index contributed by atoms with van der Waals surface area (Å²) in [4.78, 5) is 24.4. The van der Waals surface area contributed by atoms with Gasteiger partial charge in [-0.15, -0.1) is 12.3 Å². The Balaban J connectivity index is 3.08. The van der Waals surface area contributed by atoms with Crippen LogP contribution in [0.3, 0.4) is 0 Å². The molecule has 184 valence electrons. The van der Waals surface area contributed by atoms with Crippen molar-refractivity contribution in [3.8, 4) is 12.3 Å². The molecule has 1 aromatic rings. The minimum absolute atomic E-state index is 0.00475. The van der Waals surface area contributed by atoms with Gasteiger partial charge in [-0.2, -0.15) is 0 Å². The maximum absolute atomic E-state index is 13.2. The number of rotatable bonds is 11. The van der Waals surface area contributed by atoms with Gasteiger partial charge in [-0.1, -0.05) is 34.6 Å². The molecule has 1 rings (SSSR count). The molecule has 5 atom stereocenters. The Morgan fingerprint density at radius 3 is 2.12 bits per heavy atom. The number of aliphatic hydroxyl groups is 1. The van der Waals surface area contributed by atoms with Crippen molar-refractivity contribution < 1.29 is 19.1 Å². The third-order valence-corrected chi connectivity index (χ3v) is 11.4. The number of carbonyl (C=O) groups is 2. The van der Waals surface area contributed by atoms with Gasteiger partial charge < -0.3 is 14.8 Å². The number of ketones is 1. The third-order valence-electron chi connectivity index (χ3n) is 6.90. The number of anilines is 1. The molecule has 0 spiro atoms. The fourth-order valence-corrected chi connectivity index (χ4v) is 5.05. The molecule has 0 bridgehead atoms. The second-order valence-corrected chi connectivity index (χ2v) is 15.7. The van der Waals surface area contributed by atoms with E-state index in [1.165, 1.54) is 6.92 Å². The Bertz CT molecular complexity index is 835. The standard InChI is InChI=1S/C27H43NO4Si/c1-11-18(2)26(31)20(4)16-19(3)25(32-33(9,10)27(6,7)8)17-24(30)22-12-14-23(15-13-22)28-21(5)29/h1,12-15,18-20,25-26,31H,16-17H2,2-10H3,(H,28,29)/t18-,19-,20-,25-,26-/m1/s1. The molecule has 6 heteroatoms. The predicted octanol–water partition coefficient (Wildman–Crippen LogP) is 5.90. The fourth-order valence-electron chi connectivity index (χ4n) is 3.63. The van der Waals surface area contributed by atoms with Gasteiger partial charge >= 0.3 is 0 Å². The maximum atomic E-state index is 13.2. The van der Waals surface area contributed by atoms with Crippen LogP contribution in [-0.4, -0.2) is 37.3 Å². The summed E-state index contributed by atoms with van der Waals surface area (Å²) >= 11 is 0. The largest absolute Gasteiger partial charge is 0.413 e. The lowest BCUT2D eigenvalue weighted by atomic mass is 9.84. The minimum atomic E-state index is -2.13. The fraction of sp³-hybridized carbons (Fsp3) is 0.630. The Labute approximate surface area is 201 Å². The van der Waals surface area contributed by atoms with Crippen molar-refractivity contribution in [1.82, 2.24) is 0 Å². The normalized spacial score (nSPS) is 16.8. The number of nitrogens with one attached hydrogen (secondary N) is 1. The molecule has 0 radical (unpaired) electrons. The van der Waals surface area contributed by atoms with Crippen LogP contribution in [0.2, 0.25) is 18.1 Å². The van der Waals surface area contributed by atoms with Crippen molar-refractivity contribution >= 4 is 25.7 Å². The molecular formula is C27H43NO4Si. The van der Waals surface area contributed by atoms with Crippen LogP contribution in [0.15, 0.2) is 24.3 Å². The summed E-state index contributed by atoms with van der Waals surface area (Å²) in [5.41, 5.74) is 1.25. The smallest absolute Gasteiger partial charge is 0.221 e. The number of aliphatic hydroxyl groups excluding tert-OH is 1. The second-order valence-electron chi connectivity index (χ2n) is 10.9. The molecule has 1 aromatic carbocycles. The third kappa shape index (κ3) is 8.73. The van der Waals surface area contributed by atoms with Crippen molar-refractivity contribution in [2.45, 2.75) is 91.6 Å². The zero-order valence-corrected chi connectivity index (χ0v) is 22.9. The molecule has 0 heterocycles. The number of amides is 1. The Morgan fingerprint density at radius 1 is 1.12 bits per heavy atom. The highest BCUT2D eigenvalue weighted by molar-refractivity contribution is 6.74. The highest BCUT2D eigenvalue weighted by Crippen LogP contribution is 2.39. The van der Waals surface area contributed by atoms with E-state index in [1.807, 2.05) is 13.8 Å². The van der Waals surface area contributed by atoms with E-state index in [2.05, 4.69) is 52.0 Å². The summed E-state index contributed by atoms with van der Waals surface area (Å²) in [7, 11) is -2.13. The minimum Gasteiger partial charge on any atom is -0.413 e. The number of Topliss-reactive ketones (excluding diaryl/α,β-unsaturated/α-hetero) is 1. The number of benzene rings is 1. The molecule has 2 N–H and O–H groups in total. The van der Waals surface area contributed by atoms with Crippen molar-refractivity contribution in [1.29, 1.82) is 0 Å². The van der Waals surface area contributed by atoms with Gasteiger partial charge in [0.25, 0.3) is 0 Å². The van der Waals surface area contributed by atoms with Gasteiger partial charge in [0.15, 0.2) is 14.1 Å². The summed E-state index contributed by atoms with van der Waals surface area (Å²) < 4.78 is 6.74. The average Bonchev–Trinajstić information content (AvgIpc) is 2.70. The molecule has 0 saturated heterocycles. The zero-order chi connectivity index (χ0) is 25.6. The van der Waals surface area contributed by atoms with Crippen LogP contribution in [0, 0.1) is 30.1 Å². The van der Waals surface area contributed by atoms with Crippen molar-refractivity contribution in [2.75, 3.05) is 5.32 Å². The van der Waals surface area contributed by atoms with Crippen LogP contribution < -0.4 is 5.32 Å². The van der Waals surface area contributed by atoms with Crippen molar-refractivity contribution in [2.24, 2.45) is 17.8 Å². The Hall–Kier alpha value is -1.94. The van der Waals surface area contributed by atoms with E-state index in [1.54, 1.807) is 24.3 Å². The summed E-state index contributed by atoms with van der Waals surface area (Å²) in [6, 6.07) is 6.95. The summed E-state index contributed by atoms with van der Waals surface area (Å²) in [5.74, 6) is 2.30. The second kappa shape index (κ2) is 12.0. The maximum Gasteiger partial charge on any atom is 0.221 e.